The molecule has 0 aliphatic carbocycles. The van der Waals surface area contributed by atoms with Crippen molar-refractivity contribution in [1.29, 1.82) is 0 Å². The van der Waals surface area contributed by atoms with E-state index in [-0.39, 0.29) is 5.91 Å². The lowest BCUT2D eigenvalue weighted by molar-refractivity contribution is 0.102. The first-order valence-electron chi connectivity index (χ1n) is 9.89. The molecule has 9 heteroatoms. The van der Waals surface area contributed by atoms with Gasteiger partial charge in [-0.1, -0.05) is 35.4 Å². The van der Waals surface area contributed by atoms with Crippen LogP contribution in [0.25, 0.3) is 22.5 Å². The summed E-state index contributed by atoms with van der Waals surface area (Å²) in [5.41, 5.74) is 3.69. The molecule has 3 heterocycles. The number of nitrogens with zero attached hydrogens (tertiary/aromatic N) is 6. The first-order chi connectivity index (χ1) is 15.5. The molecule has 2 aromatic carbocycles. The minimum absolute atomic E-state index is 0.227. The molecule has 0 bridgehead atoms. The number of fused-ring (bicyclic) bond motifs is 1. The molecule has 0 fully saturated rings. The molecule has 8 nitrogen and oxygen atoms in total. The van der Waals surface area contributed by atoms with Crippen LogP contribution in [0.4, 0.5) is 5.82 Å². The van der Waals surface area contributed by atoms with Crippen LogP contribution in [0.15, 0.2) is 67.1 Å². The highest BCUT2D eigenvalue weighted by Crippen LogP contribution is 2.25. The number of rotatable bonds is 4. The van der Waals surface area contributed by atoms with Crippen molar-refractivity contribution in [2.45, 2.75) is 13.8 Å². The van der Waals surface area contributed by atoms with Gasteiger partial charge in [0.1, 0.15) is 12.1 Å². The summed E-state index contributed by atoms with van der Waals surface area (Å²) in [7, 11) is 0. The lowest BCUT2D eigenvalue weighted by Gasteiger charge is -2.09. The van der Waals surface area contributed by atoms with Gasteiger partial charge in [-0.3, -0.25) is 4.79 Å². The van der Waals surface area contributed by atoms with Crippen molar-refractivity contribution in [1.82, 2.24) is 29.5 Å². The summed E-state index contributed by atoms with van der Waals surface area (Å²) >= 11 is 6.14. The van der Waals surface area contributed by atoms with Crippen LogP contribution < -0.4 is 5.32 Å². The Balaban J connectivity index is 1.57. The largest absolute Gasteiger partial charge is 0.306 e. The number of amides is 1. The highest BCUT2D eigenvalue weighted by Gasteiger charge is 2.18. The Morgan fingerprint density at radius 2 is 1.84 bits per heavy atom. The number of nitrogens with one attached hydrogen (secondary N) is 1. The molecule has 0 saturated heterocycles. The van der Waals surface area contributed by atoms with Crippen LogP contribution in [-0.4, -0.2) is 35.4 Å². The van der Waals surface area contributed by atoms with Crippen LogP contribution in [0.2, 0.25) is 5.02 Å². The number of carbonyl (C=O) groups excluding carboxylic acids is 1. The van der Waals surface area contributed by atoms with E-state index in [1.54, 1.807) is 39.8 Å². The fourth-order valence-corrected chi connectivity index (χ4v) is 3.71. The van der Waals surface area contributed by atoms with E-state index in [1.807, 2.05) is 44.2 Å². The Morgan fingerprint density at radius 3 is 2.66 bits per heavy atom. The molecule has 0 spiro atoms. The number of halogens is 1. The number of anilines is 1. The van der Waals surface area contributed by atoms with Crippen LogP contribution >= 0.6 is 11.6 Å². The molecule has 5 rings (SSSR count). The molecule has 0 aliphatic heterocycles. The van der Waals surface area contributed by atoms with Crippen LogP contribution in [0.3, 0.4) is 0 Å². The molecule has 1 N–H and O–H groups in total. The Kier molecular flexibility index (Phi) is 4.91. The minimum Gasteiger partial charge on any atom is -0.306 e. The average Bonchev–Trinajstić information content (AvgIpc) is 3.37. The van der Waals surface area contributed by atoms with Crippen LogP contribution in [-0.2, 0) is 0 Å². The quantitative estimate of drug-likeness (QED) is 0.441. The maximum absolute atomic E-state index is 12.8. The van der Waals surface area contributed by atoms with E-state index < -0.39 is 0 Å². The summed E-state index contributed by atoms with van der Waals surface area (Å²) in [4.78, 5) is 21.7. The first-order valence-corrected chi connectivity index (χ1v) is 10.3. The van der Waals surface area contributed by atoms with Crippen LogP contribution in [0, 0.1) is 13.8 Å². The molecule has 0 unspecified atom stereocenters. The van der Waals surface area contributed by atoms with Crippen molar-refractivity contribution in [3.63, 3.8) is 0 Å². The van der Waals surface area contributed by atoms with E-state index in [9.17, 15) is 4.79 Å². The van der Waals surface area contributed by atoms with Gasteiger partial charge in [0.15, 0.2) is 11.5 Å². The fraction of sp³-hybridized carbons (Fsp3) is 0.0870. The first kappa shape index (κ1) is 19.9. The molecule has 158 valence electrons. The molecular weight excluding hydrogens is 426 g/mol. The predicted octanol–water partition coefficient (Wildman–Crippen LogP) is 4.52. The van der Waals surface area contributed by atoms with Gasteiger partial charge in [-0.05, 0) is 44.2 Å². The lowest BCUT2D eigenvalue weighted by atomic mass is 10.1. The zero-order valence-corrected chi connectivity index (χ0v) is 18.1. The van der Waals surface area contributed by atoms with Gasteiger partial charge >= 0.3 is 0 Å². The second kappa shape index (κ2) is 7.90. The Morgan fingerprint density at radius 1 is 1.00 bits per heavy atom. The van der Waals surface area contributed by atoms with E-state index in [1.165, 1.54) is 6.33 Å². The van der Waals surface area contributed by atoms with Crippen molar-refractivity contribution in [3.05, 3.63) is 89.0 Å². The molecule has 0 aliphatic rings. The van der Waals surface area contributed by atoms with Crippen LogP contribution in [0.1, 0.15) is 21.6 Å². The highest BCUT2D eigenvalue weighted by atomic mass is 35.5. The van der Waals surface area contributed by atoms with Gasteiger partial charge in [-0.25, -0.2) is 14.6 Å². The van der Waals surface area contributed by atoms with Crippen molar-refractivity contribution in [2.75, 3.05) is 5.32 Å². The number of carbonyl (C=O) groups is 1. The number of benzene rings is 2. The van der Waals surface area contributed by atoms with Crippen molar-refractivity contribution in [2.24, 2.45) is 0 Å². The zero-order chi connectivity index (χ0) is 22.2. The SMILES string of the molecule is Cc1cccc(C(=O)Nc2cc(C)nn2-c2ncnc3c2cnn3-c2cccc(Cl)c2)c1. The van der Waals surface area contributed by atoms with Gasteiger partial charge in [-0.15, -0.1) is 0 Å². The molecule has 32 heavy (non-hydrogen) atoms. The highest BCUT2D eigenvalue weighted by molar-refractivity contribution is 6.30. The predicted molar refractivity (Wildman–Crippen MR) is 123 cm³/mol. The van der Waals surface area contributed by atoms with Gasteiger partial charge in [0, 0.05) is 16.7 Å². The maximum atomic E-state index is 12.8. The molecular formula is C23H18ClN7O. The second-order valence-corrected chi connectivity index (χ2v) is 7.81. The maximum Gasteiger partial charge on any atom is 0.256 e. The normalized spacial score (nSPS) is 11.1. The zero-order valence-electron chi connectivity index (χ0n) is 17.3. The van der Waals surface area contributed by atoms with E-state index in [4.69, 9.17) is 11.6 Å². The monoisotopic (exact) mass is 443 g/mol. The Bertz CT molecular complexity index is 1470. The van der Waals surface area contributed by atoms with E-state index in [2.05, 4.69) is 25.5 Å². The molecule has 0 saturated carbocycles. The third-order valence-corrected chi connectivity index (χ3v) is 5.19. The van der Waals surface area contributed by atoms with Gasteiger partial charge in [0.25, 0.3) is 5.91 Å². The number of aryl methyl sites for hydroxylation is 2. The number of hydrogen-bond donors (Lipinski definition) is 1. The summed E-state index contributed by atoms with van der Waals surface area (Å²) in [5, 5.41) is 13.2. The summed E-state index contributed by atoms with van der Waals surface area (Å²) in [6.45, 7) is 3.80. The third kappa shape index (κ3) is 3.61. The summed E-state index contributed by atoms with van der Waals surface area (Å²) in [6, 6.07) is 16.5. The fourth-order valence-electron chi connectivity index (χ4n) is 3.52. The van der Waals surface area contributed by atoms with Gasteiger partial charge in [0.05, 0.1) is 23.0 Å². The average molecular weight is 444 g/mol. The summed E-state index contributed by atoms with van der Waals surface area (Å²) < 4.78 is 3.28. The van der Waals surface area contributed by atoms with E-state index in [0.717, 1.165) is 16.9 Å². The lowest BCUT2D eigenvalue weighted by Crippen LogP contribution is -2.16. The number of hydrogen-bond acceptors (Lipinski definition) is 5. The molecule has 0 atom stereocenters. The van der Waals surface area contributed by atoms with Gasteiger partial charge < -0.3 is 5.32 Å². The molecule has 3 aromatic heterocycles. The molecule has 0 radical (unpaired) electrons. The summed E-state index contributed by atoms with van der Waals surface area (Å²) in [5.74, 6) is 0.787. The Hall–Kier alpha value is -4.04. The van der Waals surface area contributed by atoms with Gasteiger partial charge in [-0.2, -0.15) is 14.9 Å². The van der Waals surface area contributed by atoms with E-state index >= 15 is 0 Å². The Labute approximate surface area is 188 Å². The molecule has 1 amide bonds. The smallest absolute Gasteiger partial charge is 0.256 e. The second-order valence-electron chi connectivity index (χ2n) is 7.38. The van der Waals surface area contributed by atoms with Gasteiger partial charge in [0.2, 0.25) is 0 Å². The number of aromatic nitrogens is 6. The standard InChI is InChI=1S/C23H18ClN7O/c1-14-5-3-6-16(9-14)23(32)28-20-10-15(2)29-31(20)22-19-12-27-30(21(19)25-13-26-22)18-8-4-7-17(24)11-18/h3-13H,1-2H3,(H,28,32). The van der Waals surface area contributed by atoms with Crippen molar-refractivity contribution >= 4 is 34.4 Å². The van der Waals surface area contributed by atoms with Crippen LogP contribution in [0.5, 0.6) is 0 Å². The minimum atomic E-state index is -0.227. The van der Waals surface area contributed by atoms with E-state index in [0.29, 0.717) is 33.3 Å². The third-order valence-electron chi connectivity index (χ3n) is 4.95. The summed E-state index contributed by atoms with van der Waals surface area (Å²) in [6.07, 6.45) is 3.12. The molecule has 5 aromatic rings. The topological polar surface area (TPSA) is 90.5 Å². The van der Waals surface area contributed by atoms with Crippen molar-refractivity contribution in [3.8, 4) is 11.5 Å². The van der Waals surface area contributed by atoms with Crippen molar-refractivity contribution < 1.29 is 4.79 Å².